The number of unbranched alkanes of at least 4 members (excludes halogenated alkanes) is 2. The Morgan fingerprint density at radius 3 is 2.31 bits per heavy atom. The first-order valence-corrected chi connectivity index (χ1v) is 14.6. The summed E-state index contributed by atoms with van der Waals surface area (Å²) in [6, 6.07) is 12.6. The summed E-state index contributed by atoms with van der Waals surface area (Å²) < 4.78 is 23.9. The summed E-state index contributed by atoms with van der Waals surface area (Å²) in [5, 5.41) is 3.53. The Morgan fingerprint density at radius 2 is 1.64 bits per heavy atom. The summed E-state index contributed by atoms with van der Waals surface area (Å²) in [5.74, 6) is 2.72. The molecule has 0 saturated carbocycles. The number of oxazole rings is 1. The number of nitrogens with one attached hydrogen (secondary N) is 1. The van der Waals surface area contributed by atoms with Gasteiger partial charge in [-0.05, 0) is 54.7 Å². The van der Waals surface area contributed by atoms with Gasteiger partial charge in [-0.15, -0.1) is 0 Å². The number of anilines is 1. The van der Waals surface area contributed by atoms with Gasteiger partial charge in [-0.3, -0.25) is 4.90 Å². The lowest BCUT2D eigenvalue weighted by molar-refractivity contribution is 0.0398. The van der Waals surface area contributed by atoms with Crippen molar-refractivity contribution in [3.63, 3.8) is 0 Å². The van der Waals surface area contributed by atoms with E-state index in [0.717, 1.165) is 110 Å². The van der Waals surface area contributed by atoms with Gasteiger partial charge >= 0.3 is 0 Å². The number of morpholine rings is 1. The molecule has 1 aromatic heterocycles. The van der Waals surface area contributed by atoms with Crippen molar-refractivity contribution in [3.8, 4) is 34.1 Å². The number of aromatic nitrogens is 1. The fourth-order valence-electron chi connectivity index (χ4n) is 4.68. The average molecular weight is 536 g/mol. The number of benzene rings is 2. The van der Waals surface area contributed by atoms with Crippen LogP contribution in [0.5, 0.6) is 11.5 Å². The van der Waals surface area contributed by atoms with Crippen LogP contribution in [-0.2, 0) is 4.74 Å². The van der Waals surface area contributed by atoms with Gasteiger partial charge in [0.05, 0.1) is 26.4 Å². The summed E-state index contributed by atoms with van der Waals surface area (Å²) in [6.45, 7) is 15.6. The van der Waals surface area contributed by atoms with E-state index >= 15 is 0 Å². The molecule has 212 valence electrons. The molecular weight excluding hydrogens is 490 g/mol. The van der Waals surface area contributed by atoms with Crippen LogP contribution in [0.25, 0.3) is 22.6 Å². The number of nitrogens with zero attached hydrogens (tertiary/aromatic N) is 2. The number of hydrogen-bond acceptors (Lipinski definition) is 7. The molecular formula is C32H45N3O4. The van der Waals surface area contributed by atoms with Crippen molar-refractivity contribution in [1.82, 2.24) is 9.88 Å². The van der Waals surface area contributed by atoms with Gasteiger partial charge < -0.3 is 23.9 Å². The van der Waals surface area contributed by atoms with Gasteiger partial charge in [0.2, 0.25) is 0 Å². The highest BCUT2D eigenvalue weighted by atomic mass is 16.5. The zero-order valence-electron chi connectivity index (χ0n) is 24.1. The molecule has 1 saturated heterocycles. The first-order valence-electron chi connectivity index (χ1n) is 14.6. The SMILES string of the molecule is CCCCOc1cc(OCCCC)c(C(C)C)cc1-c1ncoc1-c1ccc(NCCN2CCOCC2)cc1. The van der Waals surface area contributed by atoms with Gasteiger partial charge in [0.25, 0.3) is 0 Å². The van der Waals surface area contributed by atoms with Gasteiger partial charge in [0, 0.05) is 49.1 Å². The molecule has 1 N–H and O–H groups in total. The minimum atomic E-state index is 0.295. The van der Waals surface area contributed by atoms with Crippen LogP contribution >= 0.6 is 0 Å². The number of rotatable bonds is 15. The zero-order valence-corrected chi connectivity index (χ0v) is 24.1. The summed E-state index contributed by atoms with van der Waals surface area (Å²) in [4.78, 5) is 7.09. The minimum absolute atomic E-state index is 0.295. The summed E-state index contributed by atoms with van der Waals surface area (Å²) in [5.41, 5.74) is 4.95. The Labute approximate surface area is 233 Å². The maximum Gasteiger partial charge on any atom is 0.182 e. The van der Waals surface area contributed by atoms with Gasteiger partial charge in [-0.2, -0.15) is 0 Å². The average Bonchev–Trinajstić information content (AvgIpc) is 3.44. The summed E-state index contributed by atoms with van der Waals surface area (Å²) in [6.07, 6.45) is 5.70. The minimum Gasteiger partial charge on any atom is -0.493 e. The van der Waals surface area contributed by atoms with Crippen molar-refractivity contribution >= 4 is 5.69 Å². The highest BCUT2D eigenvalue weighted by Crippen LogP contribution is 2.42. The molecule has 0 spiro atoms. The van der Waals surface area contributed by atoms with Crippen molar-refractivity contribution in [3.05, 3.63) is 48.4 Å². The molecule has 7 heteroatoms. The number of ether oxygens (including phenoxy) is 3. The Bertz CT molecular complexity index is 1140. The molecule has 0 unspecified atom stereocenters. The third-order valence-electron chi connectivity index (χ3n) is 7.08. The second-order valence-electron chi connectivity index (χ2n) is 10.4. The van der Waals surface area contributed by atoms with Gasteiger partial charge in [0.1, 0.15) is 17.2 Å². The molecule has 0 amide bonds. The van der Waals surface area contributed by atoms with Crippen LogP contribution in [0.3, 0.4) is 0 Å². The van der Waals surface area contributed by atoms with Crippen LogP contribution in [0.1, 0.15) is 64.9 Å². The topological polar surface area (TPSA) is 69.0 Å². The maximum absolute atomic E-state index is 6.30. The normalized spacial score (nSPS) is 14.1. The largest absolute Gasteiger partial charge is 0.493 e. The van der Waals surface area contributed by atoms with Crippen LogP contribution in [0.4, 0.5) is 5.69 Å². The van der Waals surface area contributed by atoms with Crippen LogP contribution in [0.2, 0.25) is 0 Å². The molecule has 3 aromatic rings. The van der Waals surface area contributed by atoms with Gasteiger partial charge in [0.15, 0.2) is 12.2 Å². The molecule has 0 atom stereocenters. The van der Waals surface area contributed by atoms with E-state index in [1.165, 1.54) is 6.39 Å². The van der Waals surface area contributed by atoms with E-state index < -0.39 is 0 Å². The third kappa shape index (κ3) is 7.99. The Balaban J connectivity index is 1.56. The lowest BCUT2D eigenvalue weighted by Crippen LogP contribution is -2.38. The Kier molecular flexibility index (Phi) is 11.1. The van der Waals surface area contributed by atoms with Crippen LogP contribution in [0, 0.1) is 0 Å². The molecule has 4 rings (SSSR count). The molecule has 0 radical (unpaired) electrons. The van der Waals surface area contributed by atoms with Gasteiger partial charge in [-0.25, -0.2) is 4.98 Å². The van der Waals surface area contributed by atoms with E-state index in [4.69, 9.17) is 18.6 Å². The molecule has 2 aromatic carbocycles. The van der Waals surface area contributed by atoms with Crippen LogP contribution < -0.4 is 14.8 Å². The predicted molar refractivity (Wildman–Crippen MR) is 158 cm³/mol. The standard InChI is InChI=1S/C32H45N3O4/c1-5-7-17-37-29-22-30(38-18-8-6-2)28(21-27(29)24(3)4)31-32(39-23-34-31)25-9-11-26(12-10-25)33-13-14-35-15-19-36-20-16-35/h9-12,21-24,33H,5-8,13-20H2,1-4H3. The van der Waals surface area contributed by atoms with Gasteiger partial charge in [-0.1, -0.05) is 40.5 Å². The lowest BCUT2D eigenvalue weighted by atomic mass is 9.96. The highest BCUT2D eigenvalue weighted by molar-refractivity contribution is 5.81. The second-order valence-corrected chi connectivity index (χ2v) is 10.4. The van der Waals surface area contributed by atoms with E-state index in [1.807, 2.05) is 0 Å². The number of hydrogen-bond donors (Lipinski definition) is 1. The monoisotopic (exact) mass is 535 g/mol. The molecule has 1 fully saturated rings. The molecule has 39 heavy (non-hydrogen) atoms. The third-order valence-corrected chi connectivity index (χ3v) is 7.08. The van der Waals surface area contributed by atoms with E-state index in [2.05, 4.69) is 79.3 Å². The second kappa shape index (κ2) is 14.9. The first-order chi connectivity index (χ1) is 19.1. The Morgan fingerprint density at radius 1 is 0.949 bits per heavy atom. The van der Waals surface area contributed by atoms with E-state index in [0.29, 0.717) is 19.1 Å². The summed E-state index contributed by atoms with van der Waals surface area (Å²) in [7, 11) is 0. The summed E-state index contributed by atoms with van der Waals surface area (Å²) >= 11 is 0. The van der Waals surface area contributed by atoms with Crippen molar-refractivity contribution in [2.75, 3.05) is 57.9 Å². The van der Waals surface area contributed by atoms with Crippen molar-refractivity contribution in [1.29, 1.82) is 0 Å². The van der Waals surface area contributed by atoms with Crippen LogP contribution in [-0.4, -0.2) is 62.5 Å². The quantitative estimate of drug-likeness (QED) is 0.206. The first kappa shape index (κ1) is 29.0. The molecule has 1 aliphatic heterocycles. The molecule has 0 bridgehead atoms. The fourth-order valence-corrected chi connectivity index (χ4v) is 4.68. The Hall–Kier alpha value is -3.03. The fraction of sp³-hybridized carbons (Fsp3) is 0.531. The molecule has 2 heterocycles. The predicted octanol–water partition coefficient (Wildman–Crippen LogP) is 7.23. The molecule has 1 aliphatic rings. The van der Waals surface area contributed by atoms with Crippen molar-refractivity contribution in [2.24, 2.45) is 0 Å². The highest BCUT2D eigenvalue weighted by Gasteiger charge is 2.22. The molecule has 7 nitrogen and oxygen atoms in total. The van der Waals surface area contributed by atoms with Crippen molar-refractivity contribution < 1.29 is 18.6 Å². The smallest absolute Gasteiger partial charge is 0.182 e. The van der Waals surface area contributed by atoms with E-state index in [1.54, 1.807) is 0 Å². The zero-order chi connectivity index (χ0) is 27.5. The lowest BCUT2D eigenvalue weighted by Gasteiger charge is -2.26. The maximum atomic E-state index is 6.30. The van der Waals surface area contributed by atoms with Crippen molar-refractivity contribution in [2.45, 2.75) is 59.3 Å². The molecule has 0 aliphatic carbocycles. The van der Waals surface area contributed by atoms with E-state index in [-0.39, 0.29) is 0 Å². The van der Waals surface area contributed by atoms with Crippen LogP contribution in [0.15, 0.2) is 47.2 Å². The van der Waals surface area contributed by atoms with E-state index in [9.17, 15) is 0 Å².